The predicted octanol–water partition coefficient (Wildman–Crippen LogP) is 5.28. The number of para-hydroxylation sites is 2. The van der Waals surface area contributed by atoms with Crippen molar-refractivity contribution in [3.05, 3.63) is 88.2 Å². The summed E-state index contributed by atoms with van der Waals surface area (Å²) in [6.07, 6.45) is 1.15. The summed E-state index contributed by atoms with van der Waals surface area (Å²) in [5.41, 5.74) is 4.80. The van der Waals surface area contributed by atoms with E-state index in [0.29, 0.717) is 6.79 Å². The number of hydrogen-bond donors (Lipinski definition) is 0. The second-order valence-electron chi connectivity index (χ2n) is 9.29. The highest BCUT2D eigenvalue weighted by atomic mass is 79.9. The number of hydrogen-bond acceptors (Lipinski definition) is 5. The molecule has 0 bridgehead atoms. The fourth-order valence-corrected chi connectivity index (χ4v) is 5.47. The van der Waals surface area contributed by atoms with Gasteiger partial charge in [0.15, 0.2) is 11.5 Å². The molecule has 0 aliphatic carbocycles. The van der Waals surface area contributed by atoms with Crippen LogP contribution in [0, 0.1) is 0 Å². The molecule has 4 aromatic rings. The number of ether oxygens (including phenoxy) is 2. The van der Waals surface area contributed by atoms with Crippen molar-refractivity contribution >= 4 is 27.0 Å². The molecule has 2 aliphatic heterocycles. The topological polar surface area (TPSA) is 42.8 Å². The molecule has 0 radical (unpaired) electrons. The summed E-state index contributed by atoms with van der Waals surface area (Å²) >= 11 is 3.73. The second kappa shape index (κ2) is 10.0. The molecule has 0 atom stereocenters. The van der Waals surface area contributed by atoms with Crippen molar-refractivity contribution in [3.63, 3.8) is 0 Å². The van der Waals surface area contributed by atoms with Gasteiger partial charge in [-0.15, -0.1) is 0 Å². The molecule has 0 N–H and O–H groups in total. The van der Waals surface area contributed by atoms with Gasteiger partial charge in [-0.3, -0.25) is 9.80 Å². The average Bonchev–Trinajstić information content (AvgIpc) is 3.40. The lowest BCUT2D eigenvalue weighted by Gasteiger charge is -2.22. The van der Waals surface area contributed by atoms with Gasteiger partial charge in [0.25, 0.3) is 0 Å². The van der Waals surface area contributed by atoms with Gasteiger partial charge in [0.2, 0.25) is 6.79 Å². The van der Waals surface area contributed by atoms with Gasteiger partial charge in [0.1, 0.15) is 5.82 Å². The Morgan fingerprint density at radius 3 is 2.43 bits per heavy atom. The van der Waals surface area contributed by atoms with Crippen LogP contribution in [-0.4, -0.2) is 52.3 Å². The summed E-state index contributed by atoms with van der Waals surface area (Å²) in [5, 5.41) is 0. The lowest BCUT2D eigenvalue weighted by molar-refractivity contribution is 0.174. The molecule has 2 aliphatic rings. The smallest absolute Gasteiger partial charge is 0.231 e. The van der Waals surface area contributed by atoms with Crippen LogP contribution in [0.5, 0.6) is 11.5 Å². The van der Waals surface area contributed by atoms with E-state index in [1.165, 1.54) is 16.6 Å². The van der Waals surface area contributed by atoms with Crippen LogP contribution >= 0.6 is 15.9 Å². The Morgan fingerprint density at radius 1 is 0.771 bits per heavy atom. The number of aromatic nitrogens is 2. The van der Waals surface area contributed by atoms with Crippen molar-refractivity contribution < 1.29 is 9.47 Å². The van der Waals surface area contributed by atoms with Crippen molar-refractivity contribution in [2.75, 3.05) is 33.0 Å². The average molecular weight is 533 g/mol. The van der Waals surface area contributed by atoms with Crippen LogP contribution in [0.2, 0.25) is 0 Å². The molecular formula is C28H29BrN4O2. The number of rotatable bonds is 6. The Morgan fingerprint density at radius 2 is 1.54 bits per heavy atom. The summed E-state index contributed by atoms with van der Waals surface area (Å²) in [6.45, 7) is 7.17. The Balaban J connectivity index is 1.16. The largest absolute Gasteiger partial charge is 0.454 e. The molecule has 1 fully saturated rings. The van der Waals surface area contributed by atoms with E-state index in [0.717, 1.165) is 79.5 Å². The number of halogens is 1. The fourth-order valence-electron chi connectivity index (χ4n) is 5.06. The van der Waals surface area contributed by atoms with Crippen LogP contribution in [0.1, 0.15) is 23.4 Å². The molecule has 0 saturated carbocycles. The summed E-state index contributed by atoms with van der Waals surface area (Å²) in [5.74, 6) is 2.84. The van der Waals surface area contributed by atoms with Crippen molar-refractivity contribution in [1.82, 2.24) is 19.4 Å². The van der Waals surface area contributed by atoms with E-state index in [1.54, 1.807) is 0 Å². The molecular weight excluding hydrogens is 504 g/mol. The first-order chi connectivity index (χ1) is 17.2. The minimum absolute atomic E-state index is 0.323. The van der Waals surface area contributed by atoms with Gasteiger partial charge in [0, 0.05) is 24.1 Å². The highest BCUT2D eigenvalue weighted by Crippen LogP contribution is 2.33. The van der Waals surface area contributed by atoms with Crippen LogP contribution < -0.4 is 9.47 Å². The van der Waals surface area contributed by atoms with Crippen molar-refractivity contribution in [2.45, 2.75) is 26.1 Å². The summed E-state index contributed by atoms with van der Waals surface area (Å²) in [6, 6.07) is 23.2. The molecule has 0 unspecified atom stereocenters. The zero-order chi connectivity index (χ0) is 23.6. The molecule has 7 heteroatoms. The van der Waals surface area contributed by atoms with Crippen LogP contribution in [0.15, 0.2) is 71.2 Å². The normalized spacial score (nSPS) is 16.6. The first-order valence-electron chi connectivity index (χ1n) is 12.2. The van der Waals surface area contributed by atoms with Gasteiger partial charge in [-0.1, -0.05) is 52.3 Å². The fraction of sp³-hybridized carbons (Fsp3) is 0.321. The number of imidazole rings is 1. The minimum atomic E-state index is 0.323. The van der Waals surface area contributed by atoms with E-state index in [1.807, 2.05) is 6.07 Å². The van der Waals surface area contributed by atoms with Gasteiger partial charge in [-0.05, 0) is 61.0 Å². The molecule has 6 nitrogen and oxygen atoms in total. The van der Waals surface area contributed by atoms with Crippen LogP contribution in [0.25, 0.3) is 11.0 Å². The first-order valence-corrected chi connectivity index (χ1v) is 13.0. The Labute approximate surface area is 214 Å². The monoisotopic (exact) mass is 532 g/mol. The second-order valence-corrected chi connectivity index (χ2v) is 10.1. The number of nitrogens with zero attached hydrogens (tertiary/aromatic N) is 4. The maximum Gasteiger partial charge on any atom is 0.231 e. The van der Waals surface area contributed by atoms with Crippen molar-refractivity contribution in [3.8, 4) is 11.5 Å². The Bertz CT molecular complexity index is 1340. The van der Waals surface area contributed by atoms with Crippen molar-refractivity contribution in [1.29, 1.82) is 0 Å². The van der Waals surface area contributed by atoms with Crippen molar-refractivity contribution in [2.24, 2.45) is 0 Å². The zero-order valence-corrected chi connectivity index (χ0v) is 21.3. The van der Waals surface area contributed by atoms with E-state index >= 15 is 0 Å². The highest BCUT2D eigenvalue weighted by molar-refractivity contribution is 9.10. The predicted molar refractivity (Wildman–Crippen MR) is 141 cm³/mol. The van der Waals surface area contributed by atoms with Crippen LogP contribution in [0.3, 0.4) is 0 Å². The van der Waals surface area contributed by atoms with Crippen LogP contribution in [-0.2, 0) is 19.6 Å². The van der Waals surface area contributed by atoms with Gasteiger partial charge in [-0.2, -0.15) is 0 Å². The SMILES string of the molecule is Brc1ccccc1Cn1c(CN2CCCN(Cc3ccc4c(c3)OCO4)CC2)nc2ccccc21. The maximum absolute atomic E-state index is 5.56. The molecule has 35 heavy (non-hydrogen) atoms. The molecule has 0 amide bonds. The van der Waals surface area contributed by atoms with E-state index in [-0.39, 0.29) is 0 Å². The lowest BCUT2D eigenvalue weighted by atomic mass is 10.2. The number of benzene rings is 3. The molecule has 3 heterocycles. The third-order valence-corrected chi connectivity index (χ3v) is 7.68. The molecule has 3 aromatic carbocycles. The van der Waals surface area contributed by atoms with Gasteiger partial charge < -0.3 is 14.0 Å². The number of fused-ring (bicyclic) bond motifs is 2. The van der Waals surface area contributed by atoms with E-state index in [4.69, 9.17) is 14.5 Å². The van der Waals surface area contributed by atoms with E-state index in [2.05, 4.69) is 91.0 Å². The van der Waals surface area contributed by atoms with E-state index in [9.17, 15) is 0 Å². The third kappa shape index (κ3) is 4.94. The molecule has 1 saturated heterocycles. The summed E-state index contributed by atoms with van der Waals surface area (Å²) in [4.78, 5) is 10.1. The van der Waals surface area contributed by atoms with E-state index < -0.39 is 0 Å². The van der Waals surface area contributed by atoms with Gasteiger partial charge in [-0.25, -0.2) is 4.98 Å². The quantitative estimate of drug-likeness (QED) is 0.337. The summed E-state index contributed by atoms with van der Waals surface area (Å²) in [7, 11) is 0. The zero-order valence-electron chi connectivity index (χ0n) is 19.7. The Hall–Kier alpha value is -2.87. The van der Waals surface area contributed by atoms with Gasteiger partial charge >= 0.3 is 0 Å². The van der Waals surface area contributed by atoms with Crippen LogP contribution in [0.4, 0.5) is 0 Å². The standard InChI is InChI=1S/C28H29BrN4O2/c29-23-7-2-1-6-22(23)18-33-25-9-4-3-8-24(25)30-28(33)19-32-13-5-12-31(14-15-32)17-21-10-11-26-27(16-21)35-20-34-26/h1-4,6-11,16H,5,12-15,17-20H2. The summed E-state index contributed by atoms with van der Waals surface area (Å²) < 4.78 is 14.5. The van der Waals surface area contributed by atoms with Gasteiger partial charge in [0.05, 0.1) is 24.1 Å². The first kappa shape index (κ1) is 22.6. The Kier molecular flexibility index (Phi) is 6.46. The maximum atomic E-state index is 5.56. The molecule has 0 spiro atoms. The molecule has 180 valence electrons. The highest BCUT2D eigenvalue weighted by Gasteiger charge is 2.20. The molecule has 1 aromatic heterocycles. The molecule has 6 rings (SSSR count). The third-order valence-electron chi connectivity index (χ3n) is 6.91. The lowest BCUT2D eigenvalue weighted by Crippen LogP contribution is -2.31. The minimum Gasteiger partial charge on any atom is -0.454 e.